The Morgan fingerprint density at radius 1 is 1.25 bits per heavy atom. The molecule has 0 atom stereocenters. The summed E-state index contributed by atoms with van der Waals surface area (Å²) in [4.78, 5) is 58.9. The van der Waals surface area contributed by atoms with E-state index in [0.717, 1.165) is 10.4 Å². The Balaban J connectivity index is 1.51. The first-order valence-corrected chi connectivity index (χ1v) is 11.7. The highest BCUT2D eigenvalue weighted by Gasteiger charge is 2.29. The second-order valence-electron chi connectivity index (χ2n) is 8.11. The van der Waals surface area contributed by atoms with Gasteiger partial charge in [-0.05, 0) is 39.2 Å². The zero-order valence-corrected chi connectivity index (χ0v) is 19.9. The number of carbonyl (C=O) groups excluding carboxylic acids is 3. The van der Waals surface area contributed by atoms with Crippen LogP contribution in [0.3, 0.4) is 0 Å². The Labute approximate surface area is 191 Å². The van der Waals surface area contributed by atoms with Crippen LogP contribution in [-0.2, 0) is 25.7 Å². The molecule has 2 amide bonds. The van der Waals surface area contributed by atoms with Crippen molar-refractivity contribution in [2.24, 2.45) is 5.92 Å². The van der Waals surface area contributed by atoms with Crippen molar-refractivity contribution in [2.75, 3.05) is 33.3 Å². The molecule has 1 saturated heterocycles. The quantitative estimate of drug-likeness (QED) is 0.581. The van der Waals surface area contributed by atoms with Gasteiger partial charge in [0.1, 0.15) is 4.83 Å². The lowest BCUT2D eigenvalue weighted by Gasteiger charge is -2.32. The van der Waals surface area contributed by atoms with E-state index in [4.69, 9.17) is 4.74 Å². The number of hydrogen-bond donors (Lipinski definition) is 0. The summed E-state index contributed by atoms with van der Waals surface area (Å²) in [5.74, 6) is -0.737. The Bertz CT molecular complexity index is 1070. The molecular formula is C22H30N4O5S. The van der Waals surface area contributed by atoms with Gasteiger partial charge in [0.15, 0.2) is 0 Å². The van der Waals surface area contributed by atoms with Crippen LogP contribution in [0.4, 0.5) is 0 Å². The molecule has 10 heteroatoms. The monoisotopic (exact) mass is 462 g/mol. The molecule has 0 spiro atoms. The van der Waals surface area contributed by atoms with Gasteiger partial charge < -0.3 is 14.5 Å². The molecule has 2 aromatic rings. The molecule has 1 aliphatic rings. The van der Waals surface area contributed by atoms with E-state index < -0.39 is 0 Å². The molecule has 3 rings (SSSR count). The van der Waals surface area contributed by atoms with E-state index in [0.29, 0.717) is 42.8 Å². The van der Waals surface area contributed by atoms with Crippen molar-refractivity contribution >= 4 is 39.3 Å². The Kier molecular flexibility index (Phi) is 7.65. The minimum atomic E-state index is -0.218. The van der Waals surface area contributed by atoms with Gasteiger partial charge in [-0.25, -0.2) is 4.98 Å². The number of hydrogen-bond acceptors (Lipinski definition) is 7. The maximum Gasteiger partial charge on any atom is 0.309 e. The van der Waals surface area contributed by atoms with E-state index in [9.17, 15) is 19.2 Å². The first-order valence-electron chi connectivity index (χ1n) is 10.9. The highest BCUT2D eigenvalue weighted by atomic mass is 32.1. The van der Waals surface area contributed by atoms with Crippen molar-refractivity contribution in [1.82, 2.24) is 19.4 Å². The molecule has 32 heavy (non-hydrogen) atoms. The molecule has 3 heterocycles. The zero-order chi connectivity index (χ0) is 23.4. The molecule has 0 bridgehead atoms. The Hall–Kier alpha value is -2.75. The molecule has 0 aliphatic carbocycles. The van der Waals surface area contributed by atoms with E-state index in [-0.39, 0.29) is 48.8 Å². The molecule has 0 aromatic carbocycles. The Morgan fingerprint density at radius 3 is 2.59 bits per heavy atom. The SMILES string of the molecule is CCOC(=O)C1CCN(C(=O)CN(C)C(=O)CCn2cnc3sc(C)c(C)c3c2=O)CC1. The molecule has 1 aliphatic heterocycles. The highest BCUT2D eigenvalue weighted by Crippen LogP contribution is 2.25. The maximum absolute atomic E-state index is 12.8. The van der Waals surface area contributed by atoms with E-state index in [1.54, 1.807) is 18.9 Å². The van der Waals surface area contributed by atoms with Gasteiger partial charge in [-0.1, -0.05) is 0 Å². The molecule has 0 radical (unpaired) electrons. The number of amides is 2. The predicted molar refractivity (Wildman–Crippen MR) is 122 cm³/mol. The van der Waals surface area contributed by atoms with Gasteiger partial charge >= 0.3 is 5.97 Å². The van der Waals surface area contributed by atoms with Gasteiger partial charge in [-0.15, -0.1) is 11.3 Å². The third-order valence-electron chi connectivity index (χ3n) is 5.99. The number of likely N-dealkylation sites (N-methyl/N-ethyl adjacent to an activating group) is 1. The molecule has 0 unspecified atom stereocenters. The van der Waals surface area contributed by atoms with Crippen LogP contribution in [-0.4, -0.2) is 70.4 Å². The number of piperidine rings is 1. The number of aryl methyl sites for hydroxylation is 3. The Morgan fingerprint density at radius 2 is 1.94 bits per heavy atom. The van der Waals surface area contributed by atoms with Crippen molar-refractivity contribution in [3.05, 3.63) is 27.1 Å². The summed E-state index contributed by atoms with van der Waals surface area (Å²) in [5, 5.41) is 0.609. The van der Waals surface area contributed by atoms with Crippen LogP contribution in [0.25, 0.3) is 10.2 Å². The fourth-order valence-electron chi connectivity index (χ4n) is 3.85. The van der Waals surface area contributed by atoms with Crippen LogP contribution in [0.2, 0.25) is 0 Å². The number of likely N-dealkylation sites (tertiary alicyclic amines) is 1. The van der Waals surface area contributed by atoms with Crippen molar-refractivity contribution in [2.45, 2.75) is 46.6 Å². The van der Waals surface area contributed by atoms with Gasteiger partial charge in [-0.3, -0.25) is 23.7 Å². The molecule has 0 N–H and O–H groups in total. The summed E-state index contributed by atoms with van der Waals surface area (Å²) in [6, 6.07) is 0. The van der Waals surface area contributed by atoms with Crippen molar-refractivity contribution in [1.29, 1.82) is 0 Å². The second kappa shape index (κ2) is 10.2. The number of rotatable bonds is 7. The molecule has 1 fully saturated rings. The number of carbonyl (C=O) groups is 3. The number of thiophene rings is 1. The van der Waals surface area contributed by atoms with E-state index >= 15 is 0 Å². The van der Waals surface area contributed by atoms with Gasteiger partial charge in [0.2, 0.25) is 11.8 Å². The summed E-state index contributed by atoms with van der Waals surface area (Å²) < 4.78 is 6.51. The minimum Gasteiger partial charge on any atom is -0.466 e. The third-order valence-corrected chi connectivity index (χ3v) is 7.10. The number of esters is 1. The first kappa shape index (κ1) is 23.9. The summed E-state index contributed by atoms with van der Waals surface area (Å²) in [6.07, 6.45) is 2.72. The smallest absolute Gasteiger partial charge is 0.309 e. The van der Waals surface area contributed by atoms with Crippen LogP contribution in [0.15, 0.2) is 11.1 Å². The van der Waals surface area contributed by atoms with Crippen molar-refractivity contribution in [3.8, 4) is 0 Å². The number of nitrogens with zero attached hydrogens (tertiary/aromatic N) is 4. The largest absolute Gasteiger partial charge is 0.466 e. The molecule has 0 saturated carbocycles. The number of ether oxygens (including phenoxy) is 1. The molecular weight excluding hydrogens is 432 g/mol. The van der Waals surface area contributed by atoms with Crippen LogP contribution in [0.1, 0.15) is 36.6 Å². The van der Waals surface area contributed by atoms with Gasteiger partial charge in [0, 0.05) is 38.0 Å². The molecule has 174 valence electrons. The number of aromatic nitrogens is 2. The van der Waals surface area contributed by atoms with Crippen LogP contribution in [0, 0.1) is 19.8 Å². The summed E-state index contributed by atoms with van der Waals surface area (Å²) in [7, 11) is 1.59. The normalized spacial score (nSPS) is 14.6. The lowest BCUT2D eigenvalue weighted by atomic mass is 9.97. The zero-order valence-electron chi connectivity index (χ0n) is 19.0. The highest BCUT2D eigenvalue weighted by molar-refractivity contribution is 7.18. The lowest BCUT2D eigenvalue weighted by Crippen LogP contribution is -2.45. The van der Waals surface area contributed by atoms with Crippen LogP contribution >= 0.6 is 11.3 Å². The summed E-state index contributed by atoms with van der Waals surface area (Å²) >= 11 is 1.49. The molecule has 9 nitrogen and oxygen atoms in total. The number of fused-ring (bicyclic) bond motifs is 1. The summed E-state index contributed by atoms with van der Waals surface area (Å²) in [6.45, 7) is 7.13. The second-order valence-corrected chi connectivity index (χ2v) is 9.32. The van der Waals surface area contributed by atoms with Crippen LogP contribution in [0.5, 0.6) is 0 Å². The minimum absolute atomic E-state index is 0.0298. The first-order chi connectivity index (χ1) is 15.2. The van der Waals surface area contributed by atoms with Gasteiger partial charge in [-0.2, -0.15) is 0 Å². The standard InChI is InChI=1S/C22H30N4O5S/c1-5-31-22(30)16-6-9-25(10-7-16)18(28)12-24(4)17(27)8-11-26-13-23-20-19(21(26)29)14(2)15(3)32-20/h13,16H,5-12H2,1-4H3. The van der Waals surface area contributed by atoms with Crippen molar-refractivity contribution < 1.29 is 19.1 Å². The van der Waals surface area contributed by atoms with Gasteiger partial charge in [0.05, 0.1) is 30.8 Å². The van der Waals surface area contributed by atoms with E-state index in [1.807, 2.05) is 13.8 Å². The maximum atomic E-state index is 12.8. The predicted octanol–water partition coefficient (Wildman–Crippen LogP) is 1.73. The third kappa shape index (κ3) is 5.17. The average molecular weight is 463 g/mol. The molecule has 2 aromatic heterocycles. The lowest BCUT2D eigenvalue weighted by molar-refractivity contribution is -0.151. The van der Waals surface area contributed by atoms with Crippen LogP contribution < -0.4 is 5.56 Å². The topological polar surface area (TPSA) is 102 Å². The van der Waals surface area contributed by atoms with E-state index in [2.05, 4.69) is 4.98 Å². The summed E-state index contributed by atoms with van der Waals surface area (Å²) in [5.41, 5.74) is 0.783. The van der Waals surface area contributed by atoms with E-state index in [1.165, 1.54) is 27.1 Å². The fourth-order valence-corrected chi connectivity index (χ4v) is 4.84. The average Bonchev–Trinajstić information content (AvgIpc) is 3.07. The fraction of sp³-hybridized carbons (Fsp3) is 0.591. The van der Waals surface area contributed by atoms with Crippen molar-refractivity contribution in [3.63, 3.8) is 0 Å². The van der Waals surface area contributed by atoms with Gasteiger partial charge in [0.25, 0.3) is 5.56 Å².